The number of ether oxygens (including phenoxy) is 2. The zero-order valence-corrected chi connectivity index (χ0v) is 14.4. The number of methoxy groups -OCH3 is 1. The molecule has 134 valence electrons. The Morgan fingerprint density at radius 1 is 1.36 bits per heavy atom. The number of nitrogens with zero attached hydrogens (tertiary/aromatic N) is 1. The number of benzene rings is 1. The van der Waals surface area contributed by atoms with E-state index < -0.39 is 5.97 Å². The molecule has 1 fully saturated rings. The molecule has 0 saturated carbocycles. The van der Waals surface area contributed by atoms with Crippen molar-refractivity contribution < 1.29 is 24.2 Å². The van der Waals surface area contributed by atoms with Crippen molar-refractivity contribution in [3.8, 4) is 11.5 Å². The van der Waals surface area contributed by atoms with Crippen molar-refractivity contribution in [2.24, 2.45) is 0 Å². The van der Waals surface area contributed by atoms with Gasteiger partial charge in [0, 0.05) is 24.6 Å². The van der Waals surface area contributed by atoms with Gasteiger partial charge in [-0.2, -0.15) is 0 Å². The van der Waals surface area contributed by atoms with Crippen molar-refractivity contribution in [3.63, 3.8) is 0 Å². The van der Waals surface area contributed by atoms with Gasteiger partial charge in [-0.1, -0.05) is 12.1 Å². The monoisotopic (exact) mass is 345 g/mol. The number of carboxylic acids is 1. The van der Waals surface area contributed by atoms with E-state index in [0.717, 1.165) is 24.8 Å². The predicted molar refractivity (Wildman–Crippen MR) is 92.7 cm³/mol. The number of amides is 1. The molecule has 6 heteroatoms. The van der Waals surface area contributed by atoms with Crippen LogP contribution in [0.15, 0.2) is 23.8 Å². The minimum Gasteiger partial charge on any atom is -0.493 e. The Morgan fingerprint density at radius 3 is 2.96 bits per heavy atom. The summed E-state index contributed by atoms with van der Waals surface area (Å²) in [4.78, 5) is 25.7. The number of carboxylic acid groups (broad SMARTS) is 1. The zero-order valence-electron chi connectivity index (χ0n) is 14.4. The lowest BCUT2D eigenvalue weighted by molar-refractivity contribution is -0.139. The van der Waals surface area contributed by atoms with Crippen molar-refractivity contribution in [1.82, 2.24) is 4.90 Å². The minimum absolute atomic E-state index is 0.00930. The molecule has 1 N–H and O–H groups in total. The Labute approximate surface area is 147 Å². The van der Waals surface area contributed by atoms with Crippen molar-refractivity contribution in [1.29, 1.82) is 0 Å². The van der Waals surface area contributed by atoms with Gasteiger partial charge in [0.2, 0.25) is 0 Å². The third kappa shape index (κ3) is 3.78. The van der Waals surface area contributed by atoms with Crippen molar-refractivity contribution in [2.45, 2.75) is 38.1 Å². The summed E-state index contributed by atoms with van der Waals surface area (Å²) in [6.45, 7) is 0.875. The van der Waals surface area contributed by atoms with Crippen molar-refractivity contribution in [3.05, 3.63) is 29.3 Å². The standard InChI is InChI=1S/C19H23NO5/c1-24-16-7-4-5-13-11-14(12-25-18(13)16)19(23)20-10-3-2-6-15(20)8-9-17(21)22/h4-5,7,11,15H,2-3,6,8-10,12H2,1H3,(H,21,22). The number of rotatable bonds is 5. The smallest absolute Gasteiger partial charge is 0.303 e. The summed E-state index contributed by atoms with van der Waals surface area (Å²) in [5.41, 5.74) is 1.43. The molecule has 1 aromatic carbocycles. The van der Waals surface area contributed by atoms with Gasteiger partial charge < -0.3 is 19.5 Å². The normalized spacial score (nSPS) is 19.5. The number of piperidine rings is 1. The largest absolute Gasteiger partial charge is 0.493 e. The molecule has 6 nitrogen and oxygen atoms in total. The summed E-state index contributed by atoms with van der Waals surface area (Å²) in [5, 5.41) is 8.93. The third-order valence-electron chi connectivity index (χ3n) is 4.79. The van der Waals surface area contributed by atoms with Crippen molar-refractivity contribution in [2.75, 3.05) is 20.3 Å². The Hall–Kier alpha value is -2.50. The van der Waals surface area contributed by atoms with Crippen molar-refractivity contribution >= 4 is 18.0 Å². The maximum absolute atomic E-state index is 13.0. The Morgan fingerprint density at radius 2 is 2.20 bits per heavy atom. The molecule has 2 heterocycles. The van der Waals surface area contributed by atoms with Crippen LogP contribution in [0.1, 0.15) is 37.7 Å². The molecule has 0 bridgehead atoms. The quantitative estimate of drug-likeness (QED) is 0.888. The van der Waals surface area contributed by atoms with E-state index in [1.165, 1.54) is 0 Å². The number of aliphatic carboxylic acids is 1. The Balaban J connectivity index is 1.79. The molecular formula is C19H23NO5. The number of hydrogen-bond acceptors (Lipinski definition) is 4. The highest BCUT2D eigenvalue weighted by molar-refractivity contribution is 5.99. The van der Waals surface area contributed by atoms with Crippen LogP contribution >= 0.6 is 0 Å². The second-order valence-corrected chi connectivity index (χ2v) is 6.42. The first-order chi connectivity index (χ1) is 12.1. The molecular weight excluding hydrogens is 322 g/mol. The van der Waals surface area contributed by atoms with Crippen LogP contribution in [0.4, 0.5) is 0 Å². The number of carbonyl (C=O) groups is 2. The van der Waals surface area contributed by atoms with E-state index in [1.807, 2.05) is 29.2 Å². The van der Waals surface area contributed by atoms with E-state index in [4.69, 9.17) is 14.6 Å². The average molecular weight is 345 g/mol. The number of likely N-dealkylation sites (tertiary alicyclic amines) is 1. The molecule has 3 rings (SSSR count). The summed E-state index contributed by atoms with van der Waals surface area (Å²) in [6, 6.07) is 5.57. The molecule has 0 spiro atoms. The lowest BCUT2D eigenvalue weighted by atomic mass is 9.96. The molecule has 0 radical (unpaired) electrons. The lowest BCUT2D eigenvalue weighted by Crippen LogP contribution is -2.45. The summed E-state index contributed by atoms with van der Waals surface area (Å²) in [7, 11) is 1.59. The summed E-state index contributed by atoms with van der Waals surface area (Å²) < 4.78 is 11.1. The maximum atomic E-state index is 13.0. The number of carbonyl (C=O) groups excluding carboxylic acids is 1. The van der Waals surface area contributed by atoms with Crippen LogP contribution < -0.4 is 9.47 Å². The van der Waals surface area contributed by atoms with Gasteiger partial charge >= 0.3 is 5.97 Å². The highest BCUT2D eigenvalue weighted by Gasteiger charge is 2.30. The average Bonchev–Trinajstić information content (AvgIpc) is 2.65. The highest BCUT2D eigenvalue weighted by Crippen LogP contribution is 2.36. The number of para-hydroxylation sites is 1. The van der Waals surface area contributed by atoms with Gasteiger partial charge in [-0.3, -0.25) is 9.59 Å². The van der Waals surface area contributed by atoms with Crippen LogP contribution in [-0.2, 0) is 9.59 Å². The van der Waals surface area contributed by atoms with Crippen LogP contribution in [0, 0.1) is 0 Å². The van der Waals surface area contributed by atoms with Gasteiger partial charge in [0.25, 0.3) is 5.91 Å². The van der Waals surface area contributed by atoms with Crippen LogP contribution in [0.5, 0.6) is 11.5 Å². The third-order valence-corrected chi connectivity index (χ3v) is 4.79. The van der Waals surface area contributed by atoms with Crippen LogP contribution in [0.2, 0.25) is 0 Å². The molecule has 2 aliphatic heterocycles. The van der Waals surface area contributed by atoms with Gasteiger partial charge in [0.05, 0.1) is 12.7 Å². The fourth-order valence-corrected chi connectivity index (χ4v) is 3.51. The molecule has 1 atom stereocenters. The van der Waals surface area contributed by atoms with Gasteiger partial charge in [-0.15, -0.1) is 0 Å². The Bertz CT molecular complexity index is 697. The molecule has 1 aromatic rings. The first kappa shape index (κ1) is 17.3. The van der Waals surface area contributed by atoms with Gasteiger partial charge in [0.1, 0.15) is 6.61 Å². The van der Waals surface area contributed by atoms with E-state index in [-0.39, 0.29) is 25.0 Å². The second kappa shape index (κ2) is 7.59. The summed E-state index contributed by atoms with van der Waals surface area (Å²) >= 11 is 0. The fourth-order valence-electron chi connectivity index (χ4n) is 3.51. The molecule has 1 saturated heterocycles. The van der Waals surface area contributed by atoms with Gasteiger partial charge in [-0.25, -0.2) is 0 Å². The number of fused-ring (bicyclic) bond motifs is 1. The van der Waals surface area contributed by atoms with E-state index in [1.54, 1.807) is 7.11 Å². The molecule has 2 aliphatic rings. The van der Waals surface area contributed by atoms with Crippen LogP contribution in [-0.4, -0.2) is 48.2 Å². The van der Waals surface area contributed by atoms with Crippen LogP contribution in [0.3, 0.4) is 0 Å². The molecule has 1 unspecified atom stereocenters. The molecule has 1 amide bonds. The number of hydrogen-bond donors (Lipinski definition) is 1. The summed E-state index contributed by atoms with van der Waals surface area (Å²) in [5.74, 6) is 0.433. The maximum Gasteiger partial charge on any atom is 0.303 e. The fraction of sp³-hybridized carbons (Fsp3) is 0.474. The van der Waals surface area contributed by atoms with E-state index in [2.05, 4.69) is 0 Å². The molecule has 0 aliphatic carbocycles. The summed E-state index contributed by atoms with van der Waals surface area (Å²) in [6.07, 6.45) is 5.28. The van der Waals surface area contributed by atoms with E-state index in [9.17, 15) is 9.59 Å². The first-order valence-corrected chi connectivity index (χ1v) is 8.63. The topological polar surface area (TPSA) is 76.1 Å². The first-order valence-electron chi connectivity index (χ1n) is 8.63. The highest BCUT2D eigenvalue weighted by atomic mass is 16.5. The molecule has 0 aromatic heterocycles. The van der Waals surface area contributed by atoms with E-state index >= 15 is 0 Å². The minimum atomic E-state index is -0.820. The predicted octanol–water partition coefficient (Wildman–Crippen LogP) is 2.72. The van der Waals surface area contributed by atoms with Gasteiger partial charge in [0.15, 0.2) is 11.5 Å². The van der Waals surface area contributed by atoms with Crippen LogP contribution in [0.25, 0.3) is 6.08 Å². The zero-order chi connectivity index (χ0) is 17.8. The Kier molecular flexibility index (Phi) is 5.26. The SMILES string of the molecule is COc1cccc2c1OCC(C(=O)N1CCCCC1CCC(=O)O)=C2. The van der Waals surface area contributed by atoms with E-state index in [0.29, 0.717) is 30.0 Å². The second-order valence-electron chi connectivity index (χ2n) is 6.42. The molecule has 25 heavy (non-hydrogen) atoms. The lowest BCUT2D eigenvalue weighted by Gasteiger charge is -2.36. The van der Waals surface area contributed by atoms with Gasteiger partial charge in [-0.05, 0) is 37.8 Å².